The van der Waals surface area contributed by atoms with E-state index in [0.29, 0.717) is 11.5 Å². The number of nitrogens with zero attached hydrogens (tertiary/aromatic N) is 4. The van der Waals surface area contributed by atoms with E-state index in [9.17, 15) is 9.90 Å². The number of rotatable bonds is 6. The highest BCUT2D eigenvalue weighted by atomic mass is 16.4. The van der Waals surface area contributed by atoms with Gasteiger partial charge >= 0.3 is 5.97 Å². The smallest absolute Gasteiger partial charge is 0.308 e. The number of hydrogen-bond acceptors (Lipinski definition) is 4. The van der Waals surface area contributed by atoms with Gasteiger partial charge in [-0.2, -0.15) is 0 Å². The Morgan fingerprint density at radius 3 is 2.56 bits per heavy atom. The van der Waals surface area contributed by atoms with Gasteiger partial charge in [-0.15, -0.1) is 10.2 Å². The van der Waals surface area contributed by atoms with Crippen LogP contribution >= 0.6 is 0 Å². The van der Waals surface area contributed by atoms with Crippen molar-refractivity contribution < 1.29 is 9.90 Å². The summed E-state index contributed by atoms with van der Waals surface area (Å²) in [6.45, 7) is 7.71. The second-order valence-corrected chi connectivity index (χ2v) is 9.00. The zero-order chi connectivity index (χ0) is 18.2. The Labute approximate surface area is 150 Å². The van der Waals surface area contributed by atoms with Crippen molar-refractivity contribution in [3.8, 4) is 0 Å². The Morgan fingerprint density at radius 2 is 1.96 bits per heavy atom. The van der Waals surface area contributed by atoms with Gasteiger partial charge in [-0.3, -0.25) is 9.69 Å². The number of carboxylic acid groups (broad SMARTS) is 1. The van der Waals surface area contributed by atoms with Gasteiger partial charge in [0, 0.05) is 12.5 Å². The summed E-state index contributed by atoms with van der Waals surface area (Å²) in [6.07, 6.45) is 7.14. The van der Waals surface area contributed by atoms with Crippen molar-refractivity contribution in [2.45, 2.75) is 77.8 Å². The normalized spacial score (nSPS) is 25.3. The Bertz CT molecular complexity index is 615. The third-order valence-electron chi connectivity index (χ3n) is 5.50. The number of aryl methyl sites for hydroxylation is 1. The quantitative estimate of drug-likeness (QED) is 0.852. The van der Waals surface area contributed by atoms with E-state index < -0.39 is 5.97 Å². The van der Waals surface area contributed by atoms with Gasteiger partial charge in [0.25, 0.3) is 0 Å². The lowest BCUT2D eigenvalue weighted by Gasteiger charge is -2.36. The molecule has 0 spiro atoms. The first-order valence-corrected chi connectivity index (χ1v) is 9.64. The van der Waals surface area contributed by atoms with Gasteiger partial charge < -0.3 is 9.67 Å². The van der Waals surface area contributed by atoms with E-state index in [4.69, 9.17) is 0 Å². The molecule has 25 heavy (non-hydrogen) atoms. The van der Waals surface area contributed by atoms with Crippen LogP contribution < -0.4 is 0 Å². The molecule has 1 aromatic heterocycles. The third-order valence-corrected chi connectivity index (χ3v) is 5.50. The van der Waals surface area contributed by atoms with Crippen LogP contribution in [-0.2, 0) is 11.2 Å². The summed E-state index contributed by atoms with van der Waals surface area (Å²) in [5.41, 5.74) is 0.325. The number of carboxylic acids is 1. The average Bonchev–Trinajstić information content (AvgIpc) is 3.27. The maximum Gasteiger partial charge on any atom is 0.308 e. The van der Waals surface area contributed by atoms with E-state index in [1.807, 2.05) is 7.05 Å². The minimum absolute atomic E-state index is 0.157. The molecule has 0 radical (unpaired) electrons. The van der Waals surface area contributed by atoms with Crippen molar-refractivity contribution in [2.24, 2.45) is 11.3 Å². The van der Waals surface area contributed by atoms with Crippen molar-refractivity contribution in [1.29, 1.82) is 0 Å². The van der Waals surface area contributed by atoms with Gasteiger partial charge in [0.1, 0.15) is 5.82 Å². The molecule has 0 aromatic carbocycles. The Morgan fingerprint density at radius 1 is 1.24 bits per heavy atom. The molecule has 1 aliphatic heterocycles. The summed E-state index contributed by atoms with van der Waals surface area (Å²) in [6, 6.07) is 0.315. The van der Waals surface area contributed by atoms with Crippen molar-refractivity contribution >= 4 is 5.97 Å². The minimum Gasteiger partial charge on any atom is -0.481 e. The summed E-state index contributed by atoms with van der Waals surface area (Å²) in [7, 11) is 2.02. The first-order valence-electron chi connectivity index (χ1n) is 9.64. The number of aromatic nitrogens is 3. The predicted molar refractivity (Wildman–Crippen MR) is 96.4 cm³/mol. The lowest BCUT2D eigenvalue weighted by Crippen LogP contribution is -2.41. The maximum atomic E-state index is 11.8. The lowest BCUT2D eigenvalue weighted by atomic mass is 9.88. The number of piperidine rings is 1. The highest BCUT2D eigenvalue weighted by molar-refractivity contribution is 5.71. The number of likely N-dealkylation sites (tertiary alicyclic amines) is 1. The lowest BCUT2D eigenvalue weighted by molar-refractivity contribution is -0.146. The number of carbonyl (C=O) groups is 1. The van der Waals surface area contributed by atoms with E-state index in [1.54, 1.807) is 0 Å². The highest BCUT2D eigenvalue weighted by Crippen LogP contribution is 2.42. The molecule has 2 aliphatic rings. The van der Waals surface area contributed by atoms with E-state index in [0.717, 1.165) is 63.1 Å². The molecule has 1 saturated heterocycles. The summed E-state index contributed by atoms with van der Waals surface area (Å²) < 4.78 is 2.28. The molecule has 0 amide bonds. The molecule has 2 heterocycles. The van der Waals surface area contributed by atoms with Gasteiger partial charge in [-0.1, -0.05) is 20.8 Å². The van der Waals surface area contributed by atoms with Crippen LogP contribution in [0.15, 0.2) is 0 Å². The molecule has 2 atom stereocenters. The second kappa shape index (κ2) is 7.06. The summed E-state index contributed by atoms with van der Waals surface area (Å²) in [5, 5.41) is 18.7. The molecule has 140 valence electrons. The van der Waals surface area contributed by atoms with Crippen molar-refractivity contribution in [2.75, 3.05) is 13.6 Å². The average molecular weight is 348 g/mol. The molecule has 0 bridgehead atoms. The van der Waals surface area contributed by atoms with E-state index >= 15 is 0 Å². The first-order chi connectivity index (χ1) is 11.8. The van der Waals surface area contributed by atoms with Crippen LogP contribution in [0, 0.1) is 11.3 Å². The van der Waals surface area contributed by atoms with E-state index in [1.165, 1.54) is 0 Å². The molecule has 3 rings (SSSR count). The SMILES string of the molecule is CN1CCC[C@H](C(=O)O)C1c1nnc(CCCC(C)(C)C)n1C1CC1. The van der Waals surface area contributed by atoms with Crippen LogP contribution in [-0.4, -0.2) is 44.3 Å². The Hall–Kier alpha value is -1.43. The highest BCUT2D eigenvalue weighted by Gasteiger charge is 2.41. The molecule has 2 fully saturated rings. The minimum atomic E-state index is -0.712. The summed E-state index contributed by atoms with van der Waals surface area (Å²) in [5.74, 6) is 0.826. The molecule has 1 saturated carbocycles. The van der Waals surface area contributed by atoms with Crippen LogP contribution in [0.3, 0.4) is 0 Å². The van der Waals surface area contributed by atoms with E-state index in [-0.39, 0.29) is 12.0 Å². The fourth-order valence-corrected chi connectivity index (χ4v) is 4.02. The Kier molecular flexibility index (Phi) is 5.19. The number of hydrogen-bond donors (Lipinski definition) is 1. The van der Waals surface area contributed by atoms with Crippen LogP contribution in [0.5, 0.6) is 0 Å². The van der Waals surface area contributed by atoms with Gasteiger partial charge in [-0.25, -0.2) is 0 Å². The largest absolute Gasteiger partial charge is 0.481 e. The topological polar surface area (TPSA) is 71.2 Å². The van der Waals surface area contributed by atoms with Gasteiger partial charge in [0.15, 0.2) is 5.82 Å². The summed E-state index contributed by atoms with van der Waals surface area (Å²) in [4.78, 5) is 13.9. The van der Waals surface area contributed by atoms with Crippen LogP contribution in [0.25, 0.3) is 0 Å². The predicted octanol–water partition coefficient (Wildman–Crippen LogP) is 3.45. The summed E-state index contributed by atoms with van der Waals surface area (Å²) >= 11 is 0. The van der Waals surface area contributed by atoms with E-state index in [2.05, 4.69) is 40.4 Å². The fourth-order valence-electron chi connectivity index (χ4n) is 4.02. The third kappa shape index (κ3) is 4.22. The molecule has 1 unspecified atom stereocenters. The molecular weight excluding hydrogens is 316 g/mol. The first kappa shape index (κ1) is 18.4. The number of aliphatic carboxylic acids is 1. The van der Waals surface area contributed by atoms with Crippen LogP contribution in [0.1, 0.15) is 83.0 Å². The van der Waals surface area contributed by atoms with Crippen molar-refractivity contribution in [3.05, 3.63) is 11.6 Å². The van der Waals surface area contributed by atoms with Crippen molar-refractivity contribution in [1.82, 2.24) is 19.7 Å². The zero-order valence-corrected chi connectivity index (χ0v) is 16.0. The fraction of sp³-hybridized carbons (Fsp3) is 0.842. The molecule has 1 aromatic rings. The van der Waals surface area contributed by atoms with Crippen LogP contribution in [0.4, 0.5) is 0 Å². The van der Waals surface area contributed by atoms with Crippen LogP contribution in [0.2, 0.25) is 0 Å². The standard InChI is InChI=1S/C19H32N4O2/c1-19(2,3)11-5-8-15-20-21-17(23(15)13-9-10-13)16-14(18(24)25)7-6-12-22(16)4/h13-14,16H,5-12H2,1-4H3,(H,24,25)/t14-,16?/m0/s1. The van der Waals surface area contributed by atoms with Gasteiger partial charge in [0.05, 0.1) is 12.0 Å². The zero-order valence-electron chi connectivity index (χ0n) is 16.0. The molecule has 6 heteroatoms. The second-order valence-electron chi connectivity index (χ2n) is 9.00. The molecule has 1 aliphatic carbocycles. The molecular formula is C19H32N4O2. The maximum absolute atomic E-state index is 11.8. The van der Waals surface area contributed by atoms with Crippen molar-refractivity contribution in [3.63, 3.8) is 0 Å². The van der Waals surface area contributed by atoms with Gasteiger partial charge in [-0.05, 0) is 57.5 Å². The molecule has 6 nitrogen and oxygen atoms in total. The monoisotopic (exact) mass is 348 g/mol. The van der Waals surface area contributed by atoms with Gasteiger partial charge in [0.2, 0.25) is 0 Å². The Balaban J connectivity index is 1.84. The molecule has 1 N–H and O–H groups in total.